The number of nitrogens with zero attached hydrogens (tertiary/aromatic N) is 2. The van der Waals surface area contributed by atoms with Gasteiger partial charge in [-0.2, -0.15) is 11.8 Å². The minimum atomic E-state index is -0.514. The van der Waals surface area contributed by atoms with Gasteiger partial charge in [-0.3, -0.25) is 14.4 Å². The number of hydrogen-bond acceptors (Lipinski definition) is 5. The van der Waals surface area contributed by atoms with E-state index in [0.717, 1.165) is 30.6 Å². The molecule has 31 heavy (non-hydrogen) atoms. The third kappa shape index (κ3) is 6.17. The number of thiophene rings is 1. The Bertz CT molecular complexity index is 787. The molecule has 1 aromatic heterocycles. The summed E-state index contributed by atoms with van der Waals surface area (Å²) < 4.78 is 0.688. The molecule has 2 bridgehead atoms. The highest BCUT2D eigenvalue weighted by Crippen LogP contribution is 2.32. The number of rotatable bonds is 9. The Labute approximate surface area is 198 Å². The van der Waals surface area contributed by atoms with Gasteiger partial charge in [0.15, 0.2) is 0 Å². The molecule has 0 saturated carbocycles. The van der Waals surface area contributed by atoms with E-state index in [9.17, 15) is 14.4 Å². The van der Waals surface area contributed by atoms with Gasteiger partial charge >= 0.3 is 0 Å². The molecular formula is C22H32ClN3O3S2. The van der Waals surface area contributed by atoms with Crippen molar-refractivity contribution in [2.75, 3.05) is 25.1 Å². The molecule has 9 heteroatoms. The van der Waals surface area contributed by atoms with Crippen LogP contribution in [0, 0.1) is 5.92 Å². The monoisotopic (exact) mass is 485 g/mol. The second-order valence-electron chi connectivity index (χ2n) is 8.75. The molecule has 0 radical (unpaired) electrons. The van der Waals surface area contributed by atoms with Gasteiger partial charge in [-0.1, -0.05) is 25.4 Å². The number of likely N-dealkylation sites (tertiary alicyclic amines) is 1. The number of fused-ring (bicyclic) bond motifs is 2. The van der Waals surface area contributed by atoms with Crippen LogP contribution in [0.4, 0.5) is 0 Å². The van der Waals surface area contributed by atoms with Crippen molar-refractivity contribution in [3.8, 4) is 0 Å². The summed E-state index contributed by atoms with van der Waals surface area (Å²) in [7, 11) is 0. The molecule has 2 aliphatic rings. The SMILES string of the molecule is CSCCCC(=O)N[C@H](C(=O)N1C2CCC1CN(C(=O)Cc1csc(Cl)c1)C2)C(C)C. The highest BCUT2D eigenvalue weighted by Gasteiger charge is 2.46. The Morgan fingerprint density at radius 1 is 1.26 bits per heavy atom. The van der Waals surface area contributed by atoms with Crippen LogP contribution in [-0.4, -0.2) is 70.7 Å². The summed E-state index contributed by atoms with van der Waals surface area (Å²) in [6, 6.07) is 1.38. The molecule has 2 fully saturated rings. The first-order valence-corrected chi connectivity index (χ1v) is 13.6. The summed E-state index contributed by atoms with van der Waals surface area (Å²) in [5, 5.41) is 4.90. The van der Waals surface area contributed by atoms with Crippen molar-refractivity contribution < 1.29 is 14.4 Å². The smallest absolute Gasteiger partial charge is 0.246 e. The van der Waals surface area contributed by atoms with Crippen molar-refractivity contribution in [2.24, 2.45) is 5.92 Å². The fourth-order valence-electron chi connectivity index (χ4n) is 4.49. The molecule has 2 unspecified atom stereocenters. The van der Waals surface area contributed by atoms with Gasteiger partial charge < -0.3 is 15.1 Å². The quantitative estimate of drug-likeness (QED) is 0.544. The maximum Gasteiger partial charge on any atom is 0.246 e. The zero-order chi connectivity index (χ0) is 22.5. The lowest BCUT2D eigenvalue weighted by Gasteiger charge is -2.43. The van der Waals surface area contributed by atoms with Crippen LogP contribution in [0.1, 0.15) is 45.1 Å². The van der Waals surface area contributed by atoms with E-state index in [1.807, 2.05) is 41.3 Å². The number of halogens is 1. The third-order valence-electron chi connectivity index (χ3n) is 6.07. The van der Waals surface area contributed by atoms with Gasteiger partial charge in [-0.05, 0) is 54.2 Å². The van der Waals surface area contributed by atoms with Crippen molar-refractivity contribution in [2.45, 2.75) is 64.1 Å². The molecule has 1 N–H and O–H groups in total. The second-order valence-corrected chi connectivity index (χ2v) is 11.3. The molecule has 0 spiro atoms. The summed E-state index contributed by atoms with van der Waals surface area (Å²) in [5.74, 6) is 0.973. The molecule has 2 saturated heterocycles. The Balaban J connectivity index is 1.60. The summed E-state index contributed by atoms with van der Waals surface area (Å²) in [6.07, 6.45) is 5.42. The van der Waals surface area contributed by atoms with Crippen molar-refractivity contribution in [1.29, 1.82) is 0 Å². The van der Waals surface area contributed by atoms with Gasteiger partial charge in [0.25, 0.3) is 0 Å². The van der Waals surface area contributed by atoms with Gasteiger partial charge in [0.2, 0.25) is 17.7 Å². The molecule has 2 aliphatic heterocycles. The summed E-state index contributed by atoms with van der Waals surface area (Å²) in [4.78, 5) is 42.4. The van der Waals surface area contributed by atoms with E-state index < -0.39 is 6.04 Å². The average molecular weight is 486 g/mol. The number of piperazine rings is 1. The van der Waals surface area contributed by atoms with Crippen molar-refractivity contribution >= 4 is 52.4 Å². The van der Waals surface area contributed by atoms with Crippen LogP contribution in [0.2, 0.25) is 4.34 Å². The fourth-order valence-corrected chi connectivity index (χ4v) is 5.83. The van der Waals surface area contributed by atoms with Gasteiger partial charge in [0.05, 0.1) is 10.8 Å². The highest BCUT2D eigenvalue weighted by atomic mass is 35.5. The maximum atomic E-state index is 13.4. The normalized spacial score (nSPS) is 21.5. The topological polar surface area (TPSA) is 69.7 Å². The lowest BCUT2D eigenvalue weighted by molar-refractivity contribution is -0.147. The summed E-state index contributed by atoms with van der Waals surface area (Å²) in [5.41, 5.74) is 0.940. The van der Waals surface area contributed by atoms with Crippen molar-refractivity contribution in [3.63, 3.8) is 0 Å². The number of carbonyl (C=O) groups excluding carboxylic acids is 3. The average Bonchev–Trinajstić information content (AvgIpc) is 3.24. The van der Waals surface area contributed by atoms with E-state index in [2.05, 4.69) is 5.32 Å². The highest BCUT2D eigenvalue weighted by molar-refractivity contribution is 7.98. The minimum absolute atomic E-state index is 0.00238. The summed E-state index contributed by atoms with van der Waals surface area (Å²) in [6.45, 7) is 5.06. The van der Waals surface area contributed by atoms with Gasteiger partial charge in [-0.25, -0.2) is 0 Å². The van der Waals surface area contributed by atoms with E-state index in [1.54, 1.807) is 11.8 Å². The number of thioether (sulfide) groups is 1. The van der Waals surface area contributed by atoms with Crippen molar-refractivity contribution in [1.82, 2.24) is 15.1 Å². The number of amides is 3. The minimum Gasteiger partial charge on any atom is -0.344 e. The lowest BCUT2D eigenvalue weighted by Crippen LogP contribution is -2.62. The molecule has 3 rings (SSSR count). The van der Waals surface area contributed by atoms with Crippen molar-refractivity contribution in [3.05, 3.63) is 21.3 Å². The lowest BCUT2D eigenvalue weighted by atomic mass is 10.0. The fraction of sp³-hybridized carbons (Fsp3) is 0.682. The molecule has 3 atom stereocenters. The molecule has 0 aliphatic carbocycles. The first-order chi connectivity index (χ1) is 14.8. The maximum absolute atomic E-state index is 13.4. The van der Waals surface area contributed by atoms with E-state index in [1.165, 1.54) is 11.3 Å². The van der Waals surface area contributed by atoms with Gasteiger partial charge in [0, 0.05) is 31.6 Å². The van der Waals surface area contributed by atoms with E-state index in [-0.39, 0.29) is 35.7 Å². The number of nitrogens with one attached hydrogen (secondary N) is 1. The van der Waals surface area contributed by atoms with E-state index >= 15 is 0 Å². The van der Waals surface area contributed by atoms with Crippen LogP contribution in [-0.2, 0) is 20.8 Å². The molecule has 1 aromatic rings. The van der Waals surface area contributed by atoms with E-state index in [0.29, 0.717) is 30.3 Å². The second kappa shape index (κ2) is 11.1. The van der Waals surface area contributed by atoms with Crippen LogP contribution in [0.5, 0.6) is 0 Å². The summed E-state index contributed by atoms with van der Waals surface area (Å²) >= 11 is 9.14. The predicted molar refractivity (Wildman–Crippen MR) is 128 cm³/mol. The van der Waals surface area contributed by atoms with Crippen LogP contribution < -0.4 is 5.32 Å². The Hall–Kier alpha value is -1.25. The molecule has 172 valence electrons. The largest absolute Gasteiger partial charge is 0.344 e. The van der Waals surface area contributed by atoms with Crippen LogP contribution in [0.25, 0.3) is 0 Å². The number of hydrogen-bond donors (Lipinski definition) is 1. The van der Waals surface area contributed by atoms with Crippen LogP contribution in [0.15, 0.2) is 11.4 Å². The Kier molecular flexibility index (Phi) is 8.70. The Morgan fingerprint density at radius 2 is 1.94 bits per heavy atom. The zero-order valence-corrected chi connectivity index (χ0v) is 20.8. The van der Waals surface area contributed by atoms with E-state index in [4.69, 9.17) is 11.6 Å². The van der Waals surface area contributed by atoms with Gasteiger partial charge in [-0.15, -0.1) is 11.3 Å². The van der Waals surface area contributed by atoms with Crippen LogP contribution >= 0.6 is 34.7 Å². The Morgan fingerprint density at radius 3 is 2.48 bits per heavy atom. The predicted octanol–water partition coefficient (Wildman–Crippen LogP) is 3.43. The molecular weight excluding hydrogens is 454 g/mol. The van der Waals surface area contributed by atoms with Gasteiger partial charge in [0.1, 0.15) is 6.04 Å². The first kappa shape index (κ1) is 24.4. The molecule has 3 heterocycles. The number of carbonyl (C=O) groups is 3. The molecule has 3 amide bonds. The molecule has 6 nitrogen and oxygen atoms in total. The zero-order valence-electron chi connectivity index (χ0n) is 18.4. The standard InChI is InChI=1S/C22H32ClN3O3S2/c1-14(2)21(24-19(27)5-4-8-30-3)22(29)26-16-6-7-17(26)12-25(11-16)20(28)10-15-9-18(23)31-13-15/h9,13-14,16-17,21H,4-8,10-12H2,1-3H3,(H,24,27)/t16?,17?,21-/m0/s1. The third-order valence-corrected chi connectivity index (χ3v) is 7.90. The first-order valence-electron chi connectivity index (χ1n) is 10.9. The molecule has 0 aromatic carbocycles. The van der Waals surface area contributed by atoms with Crippen LogP contribution in [0.3, 0.4) is 0 Å².